The number of aryl methyl sites for hydroxylation is 1. The van der Waals surface area contributed by atoms with Gasteiger partial charge in [0.1, 0.15) is 5.82 Å². The van der Waals surface area contributed by atoms with E-state index in [4.69, 9.17) is 15.0 Å². The van der Waals surface area contributed by atoms with Gasteiger partial charge in [-0.2, -0.15) is 15.0 Å². The van der Waals surface area contributed by atoms with Crippen LogP contribution < -0.4 is 0 Å². The van der Waals surface area contributed by atoms with E-state index in [1.54, 1.807) is 18.6 Å². The van der Waals surface area contributed by atoms with Crippen molar-refractivity contribution in [2.24, 2.45) is 9.98 Å². The maximum atomic E-state index is 4.99. The number of hydrogen-bond donors (Lipinski definition) is 0. The van der Waals surface area contributed by atoms with Crippen LogP contribution in [0, 0.1) is 6.92 Å². The highest BCUT2D eigenvalue weighted by atomic mass is 15.3. The molecule has 0 saturated heterocycles. The van der Waals surface area contributed by atoms with E-state index < -0.39 is 0 Å². The Hall–Kier alpha value is -5.01. The second kappa shape index (κ2) is 7.51. The molecule has 0 amide bonds. The Kier molecular flexibility index (Phi) is 4.18. The molecule has 7 heterocycles. The molecule has 0 radical (unpaired) electrons. The molecule has 0 aromatic carbocycles. The lowest BCUT2D eigenvalue weighted by Crippen LogP contribution is -2.13. The molecule has 0 bridgehead atoms. The largest absolute Gasteiger partial charge is 0.281 e. The Balaban J connectivity index is 1.54. The fourth-order valence-electron chi connectivity index (χ4n) is 4.72. The third-order valence-electron chi connectivity index (χ3n) is 6.16. The van der Waals surface area contributed by atoms with Gasteiger partial charge in [0.15, 0.2) is 0 Å². The smallest absolute Gasteiger partial charge is 0.239 e. The van der Waals surface area contributed by atoms with E-state index in [1.165, 1.54) is 0 Å². The van der Waals surface area contributed by atoms with Crippen LogP contribution in [0.4, 0.5) is 0 Å². The zero-order valence-electron chi connectivity index (χ0n) is 18.7. The number of aliphatic imine (C=N–C) groups is 2. The fraction of sp³-hybridized carbons (Fsp3) is 0.0769. The minimum Gasteiger partial charge on any atom is -0.281 e. The summed E-state index contributed by atoms with van der Waals surface area (Å²) in [5.74, 6) is 1.67. The minimum absolute atomic E-state index is 0.515. The molecule has 35 heavy (non-hydrogen) atoms. The number of nitrogens with zero attached hydrogens (tertiary/aromatic N) is 9. The number of aromatic nitrogens is 7. The van der Waals surface area contributed by atoms with Crippen molar-refractivity contribution in [3.8, 4) is 11.9 Å². The Morgan fingerprint density at radius 3 is 2.37 bits per heavy atom. The molecule has 2 aliphatic heterocycles. The predicted molar refractivity (Wildman–Crippen MR) is 134 cm³/mol. The summed E-state index contributed by atoms with van der Waals surface area (Å²) in [6.07, 6.45) is 19.0. The quantitative estimate of drug-likeness (QED) is 0.376. The van der Waals surface area contributed by atoms with Crippen molar-refractivity contribution >= 4 is 40.3 Å². The molecule has 0 fully saturated rings. The third kappa shape index (κ3) is 2.92. The molecule has 5 aromatic heterocycles. The second-order valence-corrected chi connectivity index (χ2v) is 8.18. The molecule has 7 rings (SSSR count). The van der Waals surface area contributed by atoms with Crippen molar-refractivity contribution < 1.29 is 0 Å². The minimum atomic E-state index is 0.515. The number of fused-ring (bicyclic) bond motifs is 6. The van der Waals surface area contributed by atoms with Crippen molar-refractivity contribution in [2.45, 2.75) is 13.3 Å². The lowest BCUT2D eigenvalue weighted by atomic mass is 10.1. The summed E-state index contributed by atoms with van der Waals surface area (Å²) in [4.78, 5) is 31.9. The zero-order chi connectivity index (χ0) is 23.4. The van der Waals surface area contributed by atoms with Gasteiger partial charge in [0.2, 0.25) is 11.9 Å². The van der Waals surface area contributed by atoms with Crippen molar-refractivity contribution in [3.05, 3.63) is 89.5 Å². The van der Waals surface area contributed by atoms with Gasteiger partial charge in [0.05, 0.1) is 22.9 Å². The van der Waals surface area contributed by atoms with Crippen LogP contribution in [0.1, 0.15) is 28.3 Å². The van der Waals surface area contributed by atoms with Crippen molar-refractivity contribution in [2.75, 3.05) is 0 Å². The standard InChI is InChI=1S/C26H17N9/c1-16-31-25(34-21-4-2-8-27-12-17(21)19-14-29-10-6-23(19)34)33-26(32-16)35-22-5-3-9-28-13-18(22)20-15-30-11-7-24(20)35/h2,5-15H,4H2,1H3. The maximum Gasteiger partial charge on any atom is 0.239 e. The number of pyridine rings is 2. The van der Waals surface area contributed by atoms with Gasteiger partial charge in [-0.15, -0.1) is 0 Å². The van der Waals surface area contributed by atoms with Crippen molar-refractivity contribution in [3.63, 3.8) is 0 Å². The average molecular weight is 455 g/mol. The van der Waals surface area contributed by atoms with Crippen molar-refractivity contribution in [1.82, 2.24) is 34.1 Å². The van der Waals surface area contributed by atoms with Crippen LogP contribution in [0.2, 0.25) is 0 Å². The molecule has 166 valence electrons. The summed E-state index contributed by atoms with van der Waals surface area (Å²) in [6, 6.07) is 3.94. The maximum absolute atomic E-state index is 4.99. The van der Waals surface area contributed by atoms with Crippen LogP contribution >= 0.6 is 0 Å². The van der Waals surface area contributed by atoms with Crippen LogP contribution in [-0.2, 0) is 6.42 Å². The van der Waals surface area contributed by atoms with Gasteiger partial charge in [-0.25, -0.2) is 0 Å². The molecule has 0 saturated carbocycles. The summed E-state index contributed by atoms with van der Waals surface area (Å²) in [5.41, 5.74) is 8.92. The van der Waals surface area contributed by atoms with Gasteiger partial charge in [-0.1, -0.05) is 11.8 Å². The Morgan fingerprint density at radius 2 is 1.54 bits per heavy atom. The summed E-state index contributed by atoms with van der Waals surface area (Å²) in [5, 5.41) is 1.97. The van der Waals surface area contributed by atoms with E-state index in [1.807, 2.05) is 66.8 Å². The number of hydrogen-bond acceptors (Lipinski definition) is 7. The van der Waals surface area contributed by atoms with Crippen LogP contribution in [0.3, 0.4) is 0 Å². The summed E-state index contributed by atoms with van der Waals surface area (Å²) in [6.45, 7) is 1.88. The van der Waals surface area contributed by atoms with Crippen molar-refractivity contribution in [1.29, 1.82) is 0 Å². The first-order chi connectivity index (χ1) is 17.3. The van der Waals surface area contributed by atoms with E-state index in [-0.39, 0.29) is 0 Å². The van der Waals surface area contributed by atoms with Gasteiger partial charge in [-0.3, -0.25) is 29.1 Å². The summed E-state index contributed by atoms with van der Waals surface area (Å²) in [7, 11) is 0. The number of allylic oxidation sites excluding steroid dienone is 1. The Labute approximate surface area is 199 Å². The highest BCUT2D eigenvalue weighted by Gasteiger charge is 2.23. The van der Waals surface area contributed by atoms with Crippen LogP contribution in [0.15, 0.2) is 71.1 Å². The average Bonchev–Trinajstić information content (AvgIpc) is 3.08. The first-order valence-corrected chi connectivity index (χ1v) is 11.1. The topological polar surface area (TPSA) is 99.0 Å². The molecule has 0 unspecified atom stereocenters. The van der Waals surface area contributed by atoms with E-state index in [2.05, 4.69) is 30.3 Å². The van der Waals surface area contributed by atoms with Gasteiger partial charge in [0.25, 0.3) is 0 Å². The van der Waals surface area contributed by atoms with Gasteiger partial charge < -0.3 is 0 Å². The molecule has 0 N–H and O–H groups in total. The molecule has 0 spiro atoms. The summed E-state index contributed by atoms with van der Waals surface area (Å²) >= 11 is 0. The van der Waals surface area contributed by atoms with E-state index >= 15 is 0 Å². The normalized spacial score (nSPS) is 13.9. The molecular formula is C26H17N9. The van der Waals surface area contributed by atoms with Crippen LogP contribution in [0.5, 0.6) is 0 Å². The Morgan fingerprint density at radius 1 is 0.829 bits per heavy atom. The van der Waals surface area contributed by atoms with Crippen LogP contribution in [-0.4, -0.2) is 46.5 Å². The molecule has 0 aliphatic carbocycles. The lowest BCUT2D eigenvalue weighted by Gasteiger charge is -2.12. The molecule has 5 aromatic rings. The second-order valence-electron chi connectivity index (χ2n) is 8.18. The highest BCUT2D eigenvalue weighted by Crippen LogP contribution is 2.31. The monoisotopic (exact) mass is 455 g/mol. The van der Waals surface area contributed by atoms with E-state index in [0.717, 1.165) is 44.3 Å². The van der Waals surface area contributed by atoms with Gasteiger partial charge in [-0.05, 0) is 19.1 Å². The van der Waals surface area contributed by atoms with Gasteiger partial charge >= 0.3 is 0 Å². The lowest BCUT2D eigenvalue weighted by molar-refractivity contribution is 0.818. The van der Waals surface area contributed by atoms with Crippen LogP contribution in [0.25, 0.3) is 39.8 Å². The van der Waals surface area contributed by atoms with E-state index in [9.17, 15) is 0 Å². The highest BCUT2D eigenvalue weighted by molar-refractivity contribution is 6.04. The zero-order valence-corrected chi connectivity index (χ0v) is 18.7. The molecule has 9 nitrogen and oxygen atoms in total. The molecular weight excluding hydrogens is 438 g/mol. The first kappa shape index (κ1) is 19.5. The Bertz CT molecular complexity index is 1830. The van der Waals surface area contributed by atoms with Gasteiger partial charge in [0, 0.05) is 83.5 Å². The number of rotatable bonds is 2. The molecule has 0 atom stereocenters. The SMILES string of the molecule is Cc1nc(-n2c3c(c4cnccc42)C=NC=C=C3)nc(-n2c3c(c4cnccc42)C=NC=CC3)n1. The molecule has 9 heteroatoms. The fourth-order valence-corrected chi connectivity index (χ4v) is 4.72. The molecule has 2 aliphatic rings. The van der Waals surface area contributed by atoms with E-state index in [0.29, 0.717) is 24.1 Å². The summed E-state index contributed by atoms with van der Waals surface area (Å²) < 4.78 is 4.09. The first-order valence-electron chi connectivity index (χ1n) is 11.1. The predicted octanol–water partition coefficient (Wildman–Crippen LogP) is 3.90. The third-order valence-corrected chi connectivity index (χ3v) is 6.16.